The fourth-order valence-corrected chi connectivity index (χ4v) is 5.52. The molecule has 0 spiro atoms. The molecule has 1 saturated heterocycles. The van der Waals surface area contributed by atoms with Crippen molar-refractivity contribution in [2.45, 2.75) is 60.0 Å². The molecule has 1 aromatic heterocycles. The van der Waals surface area contributed by atoms with Gasteiger partial charge in [0.2, 0.25) is 5.91 Å². The molecule has 158 valence electrons. The van der Waals surface area contributed by atoms with Gasteiger partial charge in [-0.05, 0) is 75.3 Å². The SMILES string of the molecule is Cc1cc(C)c(CC(=O)N(CC2CCCO2)c2nc3c(C)ccc(C)c3s2)c(C)c1. The van der Waals surface area contributed by atoms with Crippen LogP contribution in [0.4, 0.5) is 5.13 Å². The molecule has 3 aromatic rings. The van der Waals surface area contributed by atoms with E-state index in [0.29, 0.717) is 13.0 Å². The minimum absolute atomic E-state index is 0.0865. The number of amides is 1. The first-order chi connectivity index (χ1) is 14.3. The fraction of sp³-hybridized carbons (Fsp3) is 0.440. The van der Waals surface area contributed by atoms with Crippen molar-refractivity contribution in [2.75, 3.05) is 18.1 Å². The predicted molar refractivity (Wildman–Crippen MR) is 125 cm³/mol. The molecular weight excluding hydrogens is 392 g/mol. The molecule has 1 fully saturated rings. The van der Waals surface area contributed by atoms with Gasteiger partial charge in [0.05, 0.1) is 29.3 Å². The topological polar surface area (TPSA) is 42.4 Å². The molecule has 30 heavy (non-hydrogen) atoms. The summed E-state index contributed by atoms with van der Waals surface area (Å²) in [4.78, 5) is 20.4. The molecule has 1 amide bonds. The van der Waals surface area contributed by atoms with E-state index in [1.54, 1.807) is 11.3 Å². The summed E-state index contributed by atoms with van der Waals surface area (Å²) in [6, 6.07) is 8.55. The van der Waals surface area contributed by atoms with E-state index < -0.39 is 0 Å². The molecule has 0 aliphatic carbocycles. The molecule has 1 aliphatic rings. The molecule has 1 atom stereocenters. The Labute approximate surface area is 182 Å². The maximum absolute atomic E-state index is 13.6. The van der Waals surface area contributed by atoms with Gasteiger partial charge in [0.15, 0.2) is 5.13 Å². The van der Waals surface area contributed by atoms with Crippen molar-refractivity contribution in [3.05, 3.63) is 57.6 Å². The van der Waals surface area contributed by atoms with Crippen LogP contribution in [-0.4, -0.2) is 30.1 Å². The van der Waals surface area contributed by atoms with Gasteiger partial charge < -0.3 is 4.74 Å². The van der Waals surface area contributed by atoms with Crippen LogP contribution in [0.2, 0.25) is 0 Å². The quantitative estimate of drug-likeness (QED) is 0.538. The van der Waals surface area contributed by atoms with Crippen LogP contribution in [0.15, 0.2) is 24.3 Å². The molecule has 0 bridgehead atoms. The van der Waals surface area contributed by atoms with Crippen molar-refractivity contribution in [3.8, 4) is 0 Å². The van der Waals surface area contributed by atoms with Crippen LogP contribution in [0.1, 0.15) is 46.2 Å². The van der Waals surface area contributed by atoms with Crippen LogP contribution < -0.4 is 4.90 Å². The second-order valence-electron chi connectivity index (χ2n) is 8.57. The van der Waals surface area contributed by atoms with E-state index in [0.717, 1.165) is 45.9 Å². The van der Waals surface area contributed by atoms with Crippen molar-refractivity contribution in [1.29, 1.82) is 0 Å². The molecule has 1 unspecified atom stereocenters. The van der Waals surface area contributed by atoms with Gasteiger partial charge in [-0.2, -0.15) is 0 Å². The maximum atomic E-state index is 13.6. The molecule has 4 rings (SSSR count). The van der Waals surface area contributed by atoms with E-state index in [2.05, 4.69) is 58.9 Å². The van der Waals surface area contributed by atoms with Gasteiger partial charge in [0, 0.05) is 6.61 Å². The lowest BCUT2D eigenvalue weighted by Crippen LogP contribution is -2.38. The third-order valence-electron chi connectivity index (χ3n) is 6.04. The van der Waals surface area contributed by atoms with E-state index in [-0.39, 0.29) is 12.0 Å². The number of thiazole rings is 1. The number of benzene rings is 2. The number of carbonyl (C=O) groups excluding carboxylic acids is 1. The molecule has 2 aromatic carbocycles. The number of fused-ring (bicyclic) bond motifs is 1. The zero-order valence-electron chi connectivity index (χ0n) is 18.5. The van der Waals surface area contributed by atoms with Crippen LogP contribution in [-0.2, 0) is 16.0 Å². The van der Waals surface area contributed by atoms with Gasteiger partial charge in [-0.15, -0.1) is 0 Å². The minimum Gasteiger partial charge on any atom is -0.376 e. The average molecular weight is 423 g/mol. The van der Waals surface area contributed by atoms with Gasteiger partial charge in [0.1, 0.15) is 0 Å². The summed E-state index contributed by atoms with van der Waals surface area (Å²) in [7, 11) is 0. The van der Waals surface area contributed by atoms with Crippen LogP contribution in [0, 0.1) is 34.6 Å². The number of nitrogens with zero attached hydrogens (tertiary/aromatic N) is 2. The smallest absolute Gasteiger partial charge is 0.233 e. The predicted octanol–water partition coefficient (Wildman–Crippen LogP) is 5.59. The zero-order valence-corrected chi connectivity index (χ0v) is 19.4. The van der Waals surface area contributed by atoms with E-state index in [4.69, 9.17) is 9.72 Å². The van der Waals surface area contributed by atoms with Gasteiger partial charge in [-0.1, -0.05) is 41.2 Å². The maximum Gasteiger partial charge on any atom is 0.233 e. The Balaban J connectivity index is 1.70. The van der Waals surface area contributed by atoms with Crippen molar-refractivity contribution in [3.63, 3.8) is 0 Å². The third kappa shape index (κ3) is 4.14. The second-order valence-corrected chi connectivity index (χ2v) is 9.54. The summed E-state index contributed by atoms with van der Waals surface area (Å²) in [5.74, 6) is 0.0925. The van der Waals surface area contributed by atoms with Gasteiger partial charge in [0.25, 0.3) is 0 Å². The van der Waals surface area contributed by atoms with Gasteiger partial charge in [-0.3, -0.25) is 9.69 Å². The third-order valence-corrected chi connectivity index (χ3v) is 7.26. The van der Waals surface area contributed by atoms with Crippen LogP contribution in [0.5, 0.6) is 0 Å². The van der Waals surface area contributed by atoms with Crippen LogP contribution >= 0.6 is 11.3 Å². The molecule has 0 saturated carbocycles. The Morgan fingerprint density at radius 1 is 1.10 bits per heavy atom. The Bertz CT molecular complexity index is 1030. The van der Waals surface area contributed by atoms with Crippen LogP contribution in [0.25, 0.3) is 10.2 Å². The summed E-state index contributed by atoms with van der Waals surface area (Å²) < 4.78 is 7.04. The Hall–Kier alpha value is -2.24. The number of ether oxygens (including phenoxy) is 1. The van der Waals surface area contributed by atoms with Crippen molar-refractivity contribution < 1.29 is 9.53 Å². The summed E-state index contributed by atoms with van der Waals surface area (Å²) in [5, 5.41) is 0.783. The summed E-state index contributed by atoms with van der Waals surface area (Å²) >= 11 is 1.62. The fourth-order valence-electron chi connectivity index (χ4n) is 4.38. The lowest BCUT2D eigenvalue weighted by atomic mass is 9.97. The minimum atomic E-state index is 0.0865. The first-order valence-corrected chi connectivity index (χ1v) is 11.5. The van der Waals surface area contributed by atoms with Crippen LogP contribution in [0.3, 0.4) is 0 Å². The highest BCUT2D eigenvalue weighted by Gasteiger charge is 2.27. The summed E-state index contributed by atoms with van der Waals surface area (Å²) in [5.41, 5.74) is 8.05. The molecule has 4 nitrogen and oxygen atoms in total. The number of hydrogen-bond donors (Lipinski definition) is 0. The number of carbonyl (C=O) groups is 1. The lowest BCUT2D eigenvalue weighted by Gasteiger charge is -2.24. The number of aryl methyl sites for hydroxylation is 5. The normalized spacial score (nSPS) is 16.4. The summed E-state index contributed by atoms with van der Waals surface area (Å²) in [6.45, 7) is 11.8. The van der Waals surface area contributed by atoms with E-state index >= 15 is 0 Å². The van der Waals surface area contributed by atoms with E-state index in [9.17, 15) is 4.79 Å². The molecule has 1 aliphatic heterocycles. The highest BCUT2D eigenvalue weighted by Crippen LogP contribution is 2.34. The monoisotopic (exact) mass is 422 g/mol. The van der Waals surface area contributed by atoms with E-state index in [1.807, 2.05) is 4.90 Å². The first-order valence-electron chi connectivity index (χ1n) is 10.7. The standard InChI is InChI=1S/C25H30N2O2S/c1-15-11-18(4)21(19(5)12-15)13-22(28)27(14-20-7-6-10-29-20)25-26-23-16(2)8-9-17(3)24(23)30-25/h8-9,11-12,20H,6-7,10,13-14H2,1-5H3. The highest BCUT2D eigenvalue weighted by atomic mass is 32.1. The van der Waals surface area contributed by atoms with E-state index in [1.165, 1.54) is 22.3 Å². The summed E-state index contributed by atoms with van der Waals surface area (Å²) in [6.07, 6.45) is 2.53. The molecular formula is C25H30N2O2S. The van der Waals surface area contributed by atoms with Gasteiger partial charge >= 0.3 is 0 Å². The molecule has 0 N–H and O–H groups in total. The zero-order chi connectivity index (χ0) is 21.4. The first kappa shape index (κ1) is 21.0. The highest BCUT2D eigenvalue weighted by molar-refractivity contribution is 7.22. The van der Waals surface area contributed by atoms with Crippen molar-refractivity contribution in [1.82, 2.24) is 4.98 Å². The Morgan fingerprint density at radius 2 is 1.80 bits per heavy atom. The number of rotatable bonds is 5. The van der Waals surface area contributed by atoms with Crippen molar-refractivity contribution >= 4 is 32.6 Å². The Kier molecular flexibility index (Phi) is 5.94. The number of hydrogen-bond acceptors (Lipinski definition) is 4. The average Bonchev–Trinajstić information content (AvgIpc) is 3.35. The molecule has 5 heteroatoms. The molecule has 2 heterocycles. The van der Waals surface area contributed by atoms with Crippen molar-refractivity contribution in [2.24, 2.45) is 0 Å². The second kappa shape index (κ2) is 8.48. The largest absolute Gasteiger partial charge is 0.376 e. The number of anilines is 1. The Morgan fingerprint density at radius 3 is 2.43 bits per heavy atom. The van der Waals surface area contributed by atoms with Gasteiger partial charge in [-0.25, -0.2) is 4.98 Å². The lowest BCUT2D eigenvalue weighted by molar-refractivity contribution is -0.118. The molecule has 0 radical (unpaired) electrons. The number of aromatic nitrogens is 1.